The minimum Gasteiger partial charge on any atom is -0.350 e. The maximum absolute atomic E-state index is 13.0. The van der Waals surface area contributed by atoms with E-state index in [0.717, 1.165) is 6.42 Å². The second-order valence-electron chi connectivity index (χ2n) is 5.17. The number of carbonyl (C=O) groups is 1. The smallest absolute Gasteiger partial charge is 0.248 e. The van der Waals surface area contributed by atoms with Crippen molar-refractivity contribution in [3.63, 3.8) is 0 Å². The summed E-state index contributed by atoms with van der Waals surface area (Å²) in [6, 6.07) is 0. The van der Waals surface area contributed by atoms with Crippen LogP contribution in [-0.2, 0) is 4.79 Å². The van der Waals surface area contributed by atoms with Crippen molar-refractivity contribution in [1.82, 2.24) is 5.32 Å². The maximum Gasteiger partial charge on any atom is 0.248 e. The van der Waals surface area contributed by atoms with Crippen molar-refractivity contribution in [2.24, 2.45) is 5.92 Å². The molecule has 0 aromatic carbocycles. The molecule has 0 aromatic rings. The molecule has 2 nitrogen and oxygen atoms in total. The SMILES string of the molecule is CCC(C)(CBr)NC(=O)C1CCC(F)(F)CC1. The number of nitrogens with one attached hydrogen (secondary N) is 1. The standard InChI is InChI=1S/C12H20BrF2NO/c1-3-11(2,8-13)16-10(17)9-4-6-12(14,15)7-5-9/h9H,3-8H2,1-2H3,(H,16,17). The van der Waals surface area contributed by atoms with Crippen LogP contribution in [0.5, 0.6) is 0 Å². The Bertz CT molecular complexity index is 270. The van der Waals surface area contributed by atoms with E-state index in [0.29, 0.717) is 18.2 Å². The first-order valence-electron chi connectivity index (χ1n) is 6.08. The van der Waals surface area contributed by atoms with Gasteiger partial charge < -0.3 is 5.32 Å². The summed E-state index contributed by atoms with van der Waals surface area (Å²) in [6.07, 6.45) is 1.07. The Balaban J connectivity index is 2.50. The Morgan fingerprint density at radius 2 is 2.00 bits per heavy atom. The van der Waals surface area contributed by atoms with Crippen molar-refractivity contribution in [1.29, 1.82) is 0 Å². The normalized spacial score (nSPS) is 24.1. The lowest BCUT2D eigenvalue weighted by Gasteiger charge is -2.32. The Hall–Kier alpha value is -0.190. The summed E-state index contributed by atoms with van der Waals surface area (Å²) in [5.41, 5.74) is -0.281. The van der Waals surface area contributed by atoms with Gasteiger partial charge in [0.05, 0.1) is 0 Å². The molecule has 0 aromatic heterocycles. The van der Waals surface area contributed by atoms with Gasteiger partial charge in [-0.25, -0.2) is 8.78 Å². The topological polar surface area (TPSA) is 29.1 Å². The minimum atomic E-state index is -2.57. The molecule has 1 amide bonds. The highest BCUT2D eigenvalue weighted by Crippen LogP contribution is 2.36. The van der Waals surface area contributed by atoms with E-state index < -0.39 is 5.92 Å². The largest absolute Gasteiger partial charge is 0.350 e. The van der Waals surface area contributed by atoms with Crippen LogP contribution in [0.4, 0.5) is 8.78 Å². The molecule has 0 radical (unpaired) electrons. The number of rotatable bonds is 4. The summed E-state index contributed by atoms with van der Waals surface area (Å²) in [6.45, 7) is 3.95. The van der Waals surface area contributed by atoms with Crippen molar-refractivity contribution in [3.05, 3.63) is 0 Å². The molecule has 5 heteroatoms. The predicted molar refractivity (Wildman–Crippen MR) is 67.5 cm³/mol. The molecular weight excluding hydrogens is 292 g/mol. The molecule has 1 rings (SSSR count). The number of hydrogen-bond donors (Lipinski definition) is 1. The first-order valence-corrected chi connectivity index (χ1v) is 7.20. The Morgan fingerprint density at radius 1 is 1.47 bits per heavy atom. The van der Waals surface area contributed by atoms with E-state index in [-0.39, 0.29) is 30.2 Å². The fourth-order valence-corrected chi connectivity index (χ4v) is 2.45. The van der Waals surface area contributed by atoms with Gasteiger partial charge in [0.2, 0.25) is 11.8 Å². The number of hydrogen-bond acceptors (Lipinski definition) is 1. The van der Waals surface area contributed by atoms with Crippen LogP contribution in [0.25, 0.3) is 0 Å². The van der Waals surface area contributed by atoms with Gasteiger partial charge in [0.15, 0.2) is 0 Å². The van der Waals surface area contributed by atoms with Crippen LogP contribution < -0.4 is 5.32 Å². The second kappa shape index (κ2) is 5.63. The lowest BCUT2D eigenvalue weighted by atomic mass is 9.85. The fourth-order valence-electron chi connectivity index (χ4n) is 1.92. The fraction of sp³-hybridized carbons (Fsp3) is 0.917. The van der Waals surface area contributed by atoms with E-state index in [1.807, 2.05) is 13.8 Å². The molecule has 0 bridgehead atoms. The van der Waals surface area contributed by atoms with Gasteiger partial charge in [0.1, 0.15) is 0 Å². The highest BCUT2D eigenvalue weighted by Gasteiger charge is 2.38. The summed E-state index contributed by atoms with van der Waals surface area (Å²) < 4.78 is 25.9. The van der Waals surface area contributed by atoms with Gasteiger partial charge in [0, 0.05) is 29.6 Å². The van der Waals surface area contributed by atoms with Crippen LogP contribution in [0, 0.1) is 5.92 Å². The van der Waals surface area contributed by atoms with E-state index in [1.54, 1.807) is 0 Å². The zero-order valence-electron chi connectivity index (χ0n) is 10.4. The lowest BCUT2D eigenvalue weighted by Crippen LogP contribution is -2.50. The first kappa shape index (κ1) is 14.9. The lowest BCUT2D eigenvalue weighted by molar-refractivity contribution is -0.130. The van der Waals surface area contributed by atoms with E-state index in [4.69, 9.17) is 0 Å². The third kappa shape index (κ3) is 4.19. The van der Waals surface area contributed by atoms with E-state index in [1.165, 1.54) is 0 Å². The zero-order chi connectivity index (χ0) is 13.1. The van der Waals surface area contributed by atoms with Crippen LogP contribution in [0.3, 0.4) is 0 Å². The van der Waals surface area contributed by atoms with Crippen LogP contribution >= 0.6 is 15.9 Å². The molecule has 1 aliphatic rings. The second-order valence-corrected chi connectivity index (χ2v) is 5.73. The average Bonchev–Trinajstić information content (AvgIpc) is 2.28. The third-order valence-corrected chi connectivity index (χ3v) is 4.83. The summed E-state index contributed by atoms with van der Waals surface area (Å²) >= 11 is 3.37. The average molecular weight is 312 g/mol. The Morgan fingerprint density at radius 3 is 2.41 bits per heavy atom. The highest BCUT2D eigenvalue weighted by atomic mass is 79.9. The van der Waals surface area contributed by atoms with Gasteiger partial charge in [-0.2, -0.15) is 0 Å². The zero-order valence-corrected chi connectivity index (χ0v) is 11.9. The van der Waals surface area contributed by atoms with E-state index >= 15 is 0 Å². The van der Waals surface area contributed by atoms with Crippen molar-refractivity contribution >= 4 is 21.8 Å². The Kier molecular flexibility index (Phi) is 4.93. The van der Waals surface area contributed by atoms with Crippen molar-refractivity contribution in [2.75, 3.05) is 5.33 Å². The molecule has 0 saturated heterocycles. The molecule has 1 aliphatic carbocycles. The summed E-state index contributed by atoms with van der Waals surface area (Å²) in [4.78, 5) is 12.0. The van der Waals surface area contributed by atoms with E-state index in [9.17, 15) is 13.6 Å². The first-order chi connectivity index (χ1) is 7.82. The van der Waals surface area contributed by atoms with Crippen molar-refractivity contribution < 1.29 is 13.6 Å². The van der Waals surface area contributed by atoms with Crippen molar-refractivity contribution in [2.45, 2.75) is 57.4 Å². The number of carbonyl (C=O) groups excluding carboxylic acids is 1. The van der Waals surface area contributed by atoms with Crippen molar-refractivity contribution in [3.8, 4) is 0 Å². The van der Waals surface area contributed by atoms with Crippen LogP contribution in [0.2, 0.25) is 0 Å². The summed E-state index contributed by atoms with van der Waals surface area (Å²) in [5, 5.41) is 3.63. The Labute approximate surface area is 110 Å². The third-order valence-electron chi connectivity index (χ3n) is 3.59. The molecule has 1 unspecified atom stereocenters. The van der Waals surface area contributed by atoms with Gasteiger partial charge in [0.25, 0.3) is 0 Å². The number of halogens is 3. The molecule has 1 saturated carbocycles. The summed E-state index contributed by atoms with van der Waals surface area (Å²) in [7, 11) is 0. The number of amides is 1. The van der Waals surface area contributed by atoms with Gasteiger partial charge in [-0.15, -0.1) is 0 Å². The molecule has 1 fully saturated rings. The molecule has 0 spiro atoms. The maximum atomic E-state index is 13.0. The number of alkyl halides is 3. The van der Waals surface area contributed by atoms with Gasteiger partial charge in [-0.3, -0.25) is 4.79 Å². The highest BCUT2D eigenvalue weighted by molar-refractivity contribution is 9.09. The van der Waals surface area contributed by atoms with Gasteiger partial charge in [-0.1, -0.05) is 22.9 Å². The monoisotopic (exact) mass is 311 g/mol. The minimum absolute atomic E-state index is 0.0794. The predicted octanol–water partition coefficient (Wildman–Crippen LogP) is 3.49. The van der Waals surface area contributed by atoms with Gasteiger partial charge in [-0.05, 0) is 26.2 Å². The summed E-state index contributed by atoms with van der Waals surface area (Å²) in [5.74, 6) is -2.90. The van der Waals surface area contributed by atoms with Crippen LogP contribution in [0.1, 0.15) is 46.0 Å². The van der Waals surface area contributed by atoms with Crippen LogP contribution in [-0.4, -0.2) is 22.7 Å². The molecule has 100 valence electrons. The molecular formula is C12H20BrF2NO. The van der Waals surface area contributed by atoms with Gasteiger partial charge >= 0.3 is 0 Å². The molecule has 17 heavy (non-hydrogen) atoms. The molecule has 1 atom stereocenters. The van der Waals surface area contributed by atoms with Crippen LogP contribution in [0.15, 0.2) is 0 Å². The van der Waals surface area contributed by atoms with E-state index in [2.05, 4.69) is 21.2 Å². The quantitative estimate of drug-likeness (QED) is 0.791. The molecule has 0 aliphatic heterocycles. The molecule has 0 heterocycles. The molecule has 1 N–H and O–H groups in total.